The molecule has 0 spiro atoms. The minimum atomic E-state index is -0.138. The van der Waals surface area contributed by atoms with Gasteiger partial charge in [-0.25, -0.2) is 0 Å². The van der Waals surface area contributed by atoms with Crippen LogP contribution in [0, 0.1) is 11.8 Å². The Kier molecular flexibility index (Phi) is 31.9. The summed E-state index contributed by atoms with van der Waals surface area (Å²) in [5, 5.41) is 0. The van der Waals surface area contributed by atoms with E-state index in [0.717, 1.165) is 148 Å². The summed E-state index contributed by atoms with van der Waals surface area (Å²) in [6.45, 7) is 15.2. The fourth-order valence-electron chi connectivity index (χ4n) is 6.98. The molecule has 0 amide bonds. The lowest BCUT2D eigenvalue weighted by Gasteiger charge is -2.32. The van der Waals surface area contributed by atoms with Gasteiger partial charge >= 0.3 is 17.9 Å². The van der Waals surface area contributed by atoms with Crippen LogP contribution in [0.5, 0.6) is 0 Å². The van der Waals surface area contributed by atoms with Crippen molar-refractivity contribution in [1.82, 2.24) is 9.80 Å². The summed E-state index contributed by atoms with van der Waals surface area (Å²) in [5.74, 6) is 0.254. The van der Waals surface area contributed by atoms with Crippen LogP contribution >= 0.6 is 0 Å². The SMILES string of the molecule is C=C=C=C=CC(CCCCC)CC(=O)OCCCCCCCCC(CCCCCCCCOC(=O)CC(C)CCCCC)OC(=O)CN1CCN(C)CC1. The molecule has 0 aliphatic carbocycles. The molecular weight excluding hydrogens is 677 g/mol. The van der Waals surface area contributed by atoms with Crippen molar-refractivity contribution in [1.29, 1.82) is 0 Å². The van der Waals surface area contributed by atoms with Crippen LogP contribution in [0.2, 0.25) is 0 Å². The van der Waals surface area contributed by atoms with E-state index in [1.165, 1.54) is 19.3 Å². The summed E-state index contributed by atoms with van der Waals surface area (Å²) < 4.78 is 17.1. The lowest BCUT2D eigenvalue weighted by atomic mass is 9.98. The molecule has 8 heteroatoms. The number of rotatable bonds is 34. The van der Waals surface area contributed by atoms with Gasteiger partial charge in [0, 0.05) is 32.6 Å². The molecular formula is C46H80N2O6. The highest BCUT2D eigenvalue weighted by molar-refractivity contribution is 5.72. The van der Waals surface area contributed by atoms with Gasteiger partial charge in [-0.1, -0.05) is 129 Å². The second-order valence-corrected chi connectivity index (χ2v) is 15.8. The molecule has 3 unspecified atom stereocenters. The molecule has 1 fully saturated rings. The number of carbonyl (C=O) groups excluding carboxylic acids is 3. The summed E-state index contributed by atoms with van der Waals surface area (Å²) in [4.78, 5) is 42.0. The van der Waals surface area contributed by atoms with Crippen molar-refractivity contribution in [2.24, 2.45) is 11.8 Å². The summed E-state index contributed by atoms with van der Waals surface area (Å²) >= 11 is 0. The van der Waals surface area contributed by atoms with Gasteiger partial charge in [0.15, 0.2) is 0 Å². The number of carbonyl (C=O) groups is 3. The molecule has 1 aliphatic rings. The maximum Gasteiger partial charge on any atom is 0.320 e. The normalized spacial score (nSPS) is 15.0. The molecule has 8 nitrogen and oxygen atoms in total. The van der Waals surface area contributed by atoms with Crippen LogP contribution in [0.1, 0.15) is 175 Å². The Morgan fingerprint density at radius 1 is 0.648 bits per heavy atom. The number of piperazine rings is 1. The molecule has 54 heavy (non-hydrogen) atoms. The maximum absolute atomic E-state index is 12.9. The van der Waals surface area contributed by atoms with E-state index in [-0.39, 0.29) is 29.9 Å². The zero-order valence-electron chi connectivity index (χ0n) is 35.3. The van der Waals surface area contributed by atoms with Gasteiger partial charge in [0.1, 0.15) is 6.10 Å². The standard InChI is InChI=1S/C46H80N2O6/c1-6-9-20-27-41(4)38-44(49)52-36-25-18-14-12-16-23-30-43(54-46(51)40-48-34-32-47(5)33-35-48)31-24-17-13-15-19-26-37-53-45(50)39-42(28-21-10-7-2)29-22-11-8-3/h28,41-43H,2,6,8-9,11-20,22-27,29-40H2,1,3-5H3. The highest BCUT2D eigenvalue weighted by Gasteiger charge is 2.20. The first-order chi connectivity index (χ1) is 26.3. The highest BCUT2D eigenvalue weighted by Crippen LogP contribution is 2.19. The molecule has 0 aromatic rings. The predicted octanol–water partition coefficient (Wildman–Crippen LogP) is 10.5. The lowest BCUT2D eigenvalue weighted by molar-refractivity contribution is -0.151. The zero-order valence-corrected chi connectivity index (χ0v) is 35.3. The van der Waals surface area contributed by atoms with Gasteiger partial charge in [-0.2, -0.15) is 0 Å². The number of hydrogen-bond acceptors (Lipinski definition) is 8. The largest absolute Gasteiger partial charge is 0.466 e. The Bertz CT molecular complexity index is 1080. The molecule has 1 aliphatic heterocycles. The topological polar surface area (TPSA) is 85.4 Å². The Morgan fingerprint density at radius 2 is 1.15 bits per heavy atom. The van der Waals surface area contributed by atoms with Crippen molar-refractivity contribution in [2.45, 2.75) is 181 Å². The van der Waals surface area contributed by atoms with Crippen LogP contribution in [0.25, 0.3) is 0 Å². The minimum Gasteiger partial charge on any atom is -0.466 e. The van der Waals surface area contributed by atoms with Crippen molar-refractivity contribution in [3.8, 4) is 0 Å². The summed E-state index contributed by atoms with van der Waals surface area (Å²) in [5.41, 5.74) is 8.24. The number of likely N-dealkylation sites (N-methyl/N-ethyl adjacent to an activating group) is 1. The fraction of sp³-hybridized carbons (Fsp3) is 0.826. The number of nitrogens with zero attached hydrogens (tertiary/aromatic N) is 2. The molecule has 1 rings (SSSR count). The Balaban J connectivity index is 2.29. The minimum absolute atomic E-state index is 0.0166. The summed E-state index contributed by atoms with van der Waals surface area (Å²) in [6, 6.07) is 0. The third-order valence-corrected chi connectivity index (χ3v) is 10.5. The van der Waals surface area contributed by atoms with E-state index in [2.05, 4.69) is 61.4 Å². The number of ether oxygens (including phenoxy) is 3. The van der Waals surface area contributed by atoms with Crippen LogP contribution in [0.15, 0.2) is 29.8 Å². The van der Waals surface area contributed by atoms with Crippen LogP contribution in [-0.4, -0.2) is 86.8 Å². The average Bonchev–Trinajstić information content (AvgIpc) is 3.14. The summed E-state index contributed by atoms with van der Waals surface area (Å²) in [6.07, 6.45) is 26.6. The van der Waals surface area contributed by atoms with Crippen molar-refractivity contribution in [2.75, 3.05) is 53.0 Å². The van der Waals surface area contributed by atoms with Crippen LogP contribution in [0.3, 0.4) is 0 Å². The first kappa shape index (κ1) is 49.4. The van der Waals surface area contributed by atoms with E-state index in [1.807, 2.05) is 6.08 Å². The fourth-order valence-corrected chi connectivity index (χ4v) is 6.98. The quantitative estimate of drug-likeness (QED) is 0.0278. The third kappa shape index (κ3) is 29.7. The Morgan fingerprint density at radius 3 is 1.70 bits per heavy atom. The van der Waals surface area contributed by atoms with Crippen molar-refractivity contribution >= 4 is 17.9 Å². The van der Waals surface area contributed by atoms with Crippen molar-refractivity contribution < 1.29 is 28.6 Å². The Hall–Kier alpha value is -2.59. The number of allylic oxidation sites excluding steroid dienone is 1. The average molecular weight is 757 g/mol. The van der Waals surface area contributed by atoms with Crippen molar-refractivity contribution in [3.63, 3.8) is 0 Å². The molecule has 1 heterocycles. The number of esters is 3. The molecule has 0 radical (unpaired) electrons. The summed E-state index contributed by atoms with van der Waals surface area (Å²) in [7, 11) is 2.13. The second kappa shape index (κ2) is 34.9. The molecule has 0 N–H and O–H groups in total. The van der Waals surface area contributed by atoms with E-state index in [0.29, 0.717) is 38.5 Å². The van der Waals surface area contributed by atoms with E-state index in [1.54, 1.807) is 0 Å². The van der Waals surface area contributed by atoms with Crippen LogP contribution < -0.4 is 0 Å². The molecule has 0 bridgehead atoms. The van der Waals surface area contributed by atoms with E-state index >= 15 is 0 Å². The van der Waals surface area contributed by atoms with Crippen LogP contribution in [0.4, 0.5) is 0 Å². The Labute approximate surface area is 331 Å². The van der Waals surface area contributed by atoms with E-state index in [4.69, 9.17) is 14.2 Å². The van der Waals surface area contributed by atoms with Gasteiger partial charge < -0.3 is 19.1 Å². The predicted molar refractivity (Wildman–Crippen MR) is 221 cm³/mol. The van der Waals surface area contributed by atoms with Gasteiger partial charge in [-0.3, -0.25) is 19.3 Å². The molecule has 3 atom stereocenters. The molecule has 0 aromatic carbocycles. The van der Waals surface area contributed by atoms with Gasteiger partial charge in [-0.05, 0) is 82.2 Å². The van der Waals surface area contributed by atoms with E-state index < -0.39 is 0 Å². The van der Waals surface area contributed by atoms with Crippen molar-refractivity contribution in [3.05, 3.63) is 29.8 Å². The molecule has 310 valence electrons. The van der Waals surface area contributed by atoms with Crippen LogP contribution in [-0.2, 0) is 28.6 Å². The second-order valence-electron chi connectivity index (χ2n) is 15.8. The van der Waals surface area contributed by atoms with E-state index in [9.17, 15) is 14.4 Å². The molecule has 1 saturated heterocycles. The first-order valence-electron chi connectivity index (χ1n) is 22.0. The zero-order chi connectivity index (χ0) is 39.5. The smallest absolute Gasteiger partial charge is 0.320 e. The number of unbranched alkanes of at least 4 members (excludes halogenated alkanes) is 14. The molecule has 0 saturated carbocycles. The first-order valence-corrected chi connectivity index (χ1v) is 22.0. The number of hydrogen-bond donors (Lipinski definition) is 0. The highest BCUT2D eigenvalue weighted by atomic mass is 16.5. The lowest BCUT2D eigenvalue weighted by Crippen LogP contribution is -2.46. The van der Waals surface area contributed by atoms with Gasteiger partial charge in [0.05, 0.1) is 26.2 Å². The van der Waals surface area contributed by atoms with Gasteiger partial charge in [0.2, 0.25) is 0 Å². The third-order valence-electron chi connectivity index (χ3n) is 10.5. The molecule has 0 aromatic heterocycles. The maximum atomic E-state index is 12.9. The monoisotopic (exact) mass is 757 g/mol. The van der Waals surface area contributed by atoms with Gasteiger partial charge in [-0.15, -0.1) is 0 Å². The van der Waals surface area contributed by atoms with Gasteiger partial charge in [0.25, 0.3) is 0 Å².